The predicted molar refractivity (Wildman–Crippen MR) is 123 cm³/mol. The number of ether oxygens (including phenoxy) is 1. The summed E-state index contributed by atoms with van der Waals surface area (Å²) in [6, 6.07) is 23.6. The second-order valence-electron chi connectivity index (χ2n) is 6.93. The molecule has 1 N–H and O–H groups in total. The van der Waals surface area contributed by atoms with Crippen LogP contribution in [0.5, 0.6) is 5.75 Å². The van der Waals surface area contributed by atoms with Gasteiger partial charge in [0, 0.05) is 30.8 Å². The summed E-state index contributed by atoms with van der Waals surface area (Å²) in [6.45, 7) is 0.403. The number of hydrogen-bond acceptors (Lipinski definition) is 5. The zero-order chi connectivity index (χ0) is 23.0. The molecule has 1 amide bonds. The molecule has 0 atom stereocenters. The van der Waals surface area contributed by atoms with E-state index in [1.54, 1.807) is 60.7 Å². The molecular formula is C24H23N3O4S. The fourth-order valence-electron chi connectivity index (χ4n) is 2.94. The second kappa shape index (κ2) is 10.5. The van der Waals surface area contributed by atoms with Crippen molar-refractivity contribution in [2.75, 3.05) is 23.3 Å². The van der Waals surface area contributed by atoms with Gasteiger partial charge in [0.2, 0.25) is 0 Å². The summed E-state index contributed by atoms with van der Waals surface area (Å²) in [5.74, 6) is 0.132. The van der Waals surface area contributed by atoms with Crippen molar-refractivity contribution in [2.45, 2.75) is 17.7 Å². The van der Waals surface area contributed by atoms with Gasteiger partial charge in [0.1, 0.15) is 5.75 Å². The van der Waals surface area contributed by atoms with Gasteiger partial charge in [0.15, 0.2) is 0 Å². The van der Waals surface area contributed by atoms with Crippen LogP contribution in [-0.2, 0) is 10.0 Å². The standard InChI is InChI=1S/C24H23N3O4S/c1-27(21-11-3-2-4-12-21)32(29,30)23-14-7-9-19(17-23)24(28)26-20-10-8-13-22(18-20)31-16-6-5-15-25/h2-4,7-14,17-18H,5-6,16H2,1H3,(H,26,28). The Hall–Kier alpha value is -3.83. The van der Waals surface area contributed by atoms with Crippen molar-refractivity contribution in [3.63, 3.8) is 0 Å². The topological polar surface area (TPSA) is 99.5 Å². The van der Waals surface area contributed by atoms with E-state index in [2.05, 4.69) is 11.4 Å². The van der Waals surface area contributed by atoms with E-state index in [0.717, 1.165) is 0 Å². The maximum absolute atomic E-state index is 13.0. The highest BCUT2D eigenvalue weighted by molar-refractivity contribution is 7.92. The van der Waals surface area contributed by atoms with Gasteiger partial charge >= 0.3 is 0 Å². The van der Waals surface area contributed by atoms with E-state index in [1.807, 2.05) is 0 Å². The van der Waals surface area contributed by atoms with Crippen LogP contribution < -0.4 is 14.4 Å². The summed E-state index contributed by atoms with van der Waals surface area (Å²) in [5.41, 5.74) is 1.25. The predicted octanol–water partition coefficient (Wildman–Crippen LogP) is 4.45. The normalized spacial score (nSPS) is 10.8. The number of unbranched alkanes of at least 4 members (excludes halogenated alkanes) is 1. The highest BCUT2D eigenvalue weighted by atomic mass is 32.2. The average molecular weight is 450 g/mol. The monoisotopic (exact) mass is 449 g/mol. The van der Waals surface area contributed by atoms with Crippen LogP contribution >= 0.6 is 0 Å². The SMILES string of the molecule is CN(c1ccccc1)S(=O)(=O)c1cccc(C(=O)Nc2cccc(OCCCC#N)c2)c1. The summed E-state index contributed by atoms with van der Waals surface area (Å²) >= 11 is 0. The Morgan fingerprint density at radius 2 is 1.78 bits per heavy atom. The number of nitrogens with one attached hydrogen (secondary N) is 1. The fraction of sp³-hybridized carbons (Fsp3) is 0.167. The summed E-state index contributed by atoms with van der Waals surface area (Å²) < 4.78 is 32.8. The van der Waals surface area contributed by atoms with E-state index in [-0.39, 0.29) is 10.5 Å². The number of nitrogens with zero attached hydrogens (tertiary/aromatic N) is 2. The second-order valence-corrected chi connectivity index (χ2v) is 8.90. The van der Waals surface area contributed by atoms with E-state index < -0.39 is 15.9 Å². The lowest BCUT2D eigenvalue weighted by molar-refractivity contribution is 0.102. The molecule has 8 heteroatoms. The third kappa shape index (κ3) is 5.65. The molecule has 0 aliphatic heterocycles. The summed E-state index contributed by atoms with van der Waals surface area (Å²) in [6.07, 6.45) is 1.03. The van der Waals surface area contributed by atoms with Crippen molar-refractivity contribution < 1.29 is 17.9 Å². The van der Waals surface area contributed by atoms with Gasteiger partial charge in [0.25, 0.3) is 15.9 Å². The van der Waals surface area contributed by atoms with Gasteiger partial charge in [-0.15, -0.1) is 0 Å². The lowest BCUT2D eigenvalue weighted by Gasteiger charge is -2.19. The van der Waals surface area contributed by atoms with Crippen LogP contribution in [0.2, 0.25) is 0 Å². The molecule has 0 aliphatic carbocycles. The van der Waals surface area contributed by atoms with Gasteiger partial charge in [0.05, 0.1) is 23.3 Å². The molecular weight excluding hydrogens is 426 g/mol. The molecule has 0 heterocycles. The average Bonchev–Trinajstić information content (AvgIpc) is 2.82. The van der Waals surface area contributed by atoms with Crippen LogP contribution in [0.3, 0.4) is 0 Å². The van der Waals surface area contributed by atoms with Gasteiger partial charge < -0.3 is 10.1 Å². The van der Waals surface area contributed by atoms with Crippen molar-refractivity contribution in [3.05, 3.63) is 84.4 Å². The zero-order valence-corrected chi connectivity index (χ0v) is 18.4. The molecule has 0 radical (unpaired) electrons. The molecule has 0 bridgehead atoms. The molecule has 32 heavy (non-hydrogen) atoms. The molecule has 0 saturated heterocycles. The van der Waals surface area contributed by atoms with E-state index in [4.69, 9.17) is 10.00 Å². The molecule has 3 aromatic carbocycles. The number of amides is 1. The zero-order valence-electron chi connectivity index (χ0n) is 17.6. The lowest BCUT2D eigenvalue weighted by atomic mass is 10.2. The lowest BCUT2D eigenvalue weighted by Crippen LogP contribution is -2.26. The largest absolute Gasteiger partial charge is 0.493 e. The Morgan fingerprint density at radius 1 is 1.03 bits per heavy atom. The maximum Gasteiger partial charge on any atom is 0.264 e. The highest BCUT2D eigenvalue weighted by Gasteiger charge is 2.22. The maximum atomic E-state index is 13.0. The number of anilines is 2. The summed E-state index contributed by atoms with van der Waals surface area (Å²) in [7, 11) is -2.36. The number of sulfonamides is 1. The Morgan fingerprint density at radius 3 is 2.53 bits per heavy atom. The smallest absolute Gasteiger partial charge is 0.264 e. The number of hydrogen-bond donors (Lipinski definition) is 1. The van der Waals surface area contributed by atoms with Gasteiger partial charge in [-0.25, -0.2) is 8.42 Å². The van der Waals surface area contributed by atoms with Gasteiger partial charge in [-0.3, -0.25) is 9.10 Å². The minimum Gasteiger partial charge on any atom is -0.493 e. The van der Waals surface area contributed by atoms with E-state index >= 15 is 0 Å². The molecule has 0 saturated carbocycles. The van der Waals surface area contributed by atoms with E-state index in [0.29, 0.717) is 36.6 Å². The van der Waals surface area contributed by atoms with Gasteiger partial charge in [-0.2, -0.15) is 5.26 Å². The van der Waals surface area contributed by atoms with Crippen LogP contribution in [-0.4, -0.2) is 28.0 Å². The van der Waals surface area contributed by atoms with Crippen molar-refractivity contribution in [3.8, 4) is 11.8 Å². The van der Waals surface area contributed by atoms with Crippen LogP contribution in [0.1, 0.15) is 23.2 Å². The molecule has 0 aromatic heterocycles. The molecule has 3 rings (SSSR count). The summed E-state index contributed by atoms with van der Waals surface area (Å²) in [5, 5.41) is 11.3. The van der Waals surface area contributed by atoms with Crippen LogP contribution in [0, 0.1) is 11.3 Å². The van der Waals surface area contributed by atoms with Crippen molar-refractivity contribution >= 4 is 27.3 Å². The number of carbonyl (C=O) groups is 1. The third-order valence-corrected chi connectivity index (χ3v) is 6.45. The number of benzene rings is 3. The van der Waals surface area contributed by atoms with Gasteiger partial charge in [-0.1, -0.05) is 30.3 Å². The Bertz CT molecular complexity index is 1220. The Labute approximate surface area is 187 Å². The van der Waals surface area contributed by atoms with Crippen LogP contribution in [0.25, 0.3) is 0 Å². The van der Waals surface area contributed by atoms with Crippen LogP contribution in [0.4, 0.5) is 11.4 Å². The highest BCUT2D eigenvalue weighted by Crippen LogP contribution is 2.23. The number of carbonyl (C=O) groups excluding carboxylic acids is 1. The minimum atomic E-state index is -3.83. The molecule has 0 fully saturated rings. The Kier molecular flexibility index (Phi) is 7.47. The first-order chi connectivity index (χ1) is 15.4. The first-order valence-electron chi connectivity index (χ1n) is 9.97. The van der Waals surface area contributed by atoms with Crippen molar-refractivity contribution in [1.29, 1.82) is 5.26 Å². The number of nitriles is 1. The van der Waals surface area contributed by atoms with Gasteiger partial charge in [-0.05, 0) is 48.9 Å². The van der Waals surface area contributed by atoms with E-state index in [9.17, 15) is 13.2 Å². The minimum absolute atomic E-state index is 0.0195. The van der Waals surface area contributed by atoms with Crippen molar-refractivity contribution in [1.82, 2.24) is 0 Å². The fourth-order valence-corrected chi connectivity index (χ4v) is 4.18. The molecule has 0 aliphatic rings. The first kappa shape index (κ1) is 22.8. The Balaban J connectivity index is 1.74. The molecule has 3 aromatic rings. The third-order valence-electron chi connectivity index (χ3n) is 4.67. The first-order valence-corrected chi connectivity index (χ1v) is 11.4. The quantitative estimate of drug-likeness (QED) is 0.487. The summed E-state index contributed by atoms with van der Waals surface area (Å²) in [4.78, 5) is 12.8. The molecule has 0 unspecified atom stereocenters. The van der Waals surface area contributed by atoms with E-state index in [1.165, 1.54) is 29.6 Å². The molecule has 0 spiro atoms. The number of para-hydroxylation sites is 1. The van der Waals surface area contributed by atoms with Crippen LogP contribution in [0.15, 0.2) is 83.8 Å². The molecule has 164 valence electrons. The number of rotatable bonds is 9. The van der Waals surface area contributed by atoms with Crippen molar-refractivity contribution in [2.24, 2.45) is 0 Å². The molecule has 7 nitrogen and oxygen atoms in total.